The first-order valence-electron chi connectivity index (χ1n) is 3.59. The SMILES string of the molecule is C=C/C=C(\C)OCC(C)C. The second kappa shape index (κ2) is 5.10. The van der Waals surface area contributed by atoms with Gasteiger partial charge in [-0.25, -0.2) is 0 Å². The van der Waals surface area contributed by atoms with Crippen LogP contribution in [-0.4, -0.2) is 6.61 Å². The Balaban J connectivity index is 3.48. The Morgan fingerprint density at radius 3 is 2.60 bits per heavy atom. The summed E-state index contributed by atoms with van der Waals surface area (Å²) < 4.78 is 5.33. The van der Waals surface area contributed by atoms with Gasteiger partial charge in [0.1, 0.15) is 0 Å². The molecule has 0 aromatic rings. The maximum Gasteiger partial charge on any atom is 0.0928 e. The quantitative estimate of drug-likeness (QED) is 0.431. The minimum absolute atomic E-state index is 0.591. The van der Waals surface area contributed by atoms with Crippen molar-refractivity contribution in [2.45, 2.75) is 20.8 Å². The van der Waals surface area contributed by atoms with Crippen LogP contribution in [-0.2, 0) is 4.74 Å². The largest absolute Gasteiger partial charge is 0.498 e. The molecule has 0 spiro atoms. The van der Waals surface area contributed by atoms with E-state index < -0.39 is 0 Å². The van der Waals surface area contributed by atoms with E-state index in [2.05, 4.69) is 20.4 Å². The highest BCUT2D eigenvalue weighted by molar-refractivity contribution is 5.01. The highest BCUT2D eigenvalue weighted by Gasteiger charge is 1.92. The van der Waals surface area contributed by atoms with E-state index >= 15 is 0 Å². The van der Waals surface area contributed by atoms with E-state index in [1.807, 2.05) is 13.0 Å². The summed E-state index contributed by atoms with van der Waals surface area (Å²) in [5.74, 6) is 1.52. The predicted molar refractivity (Wildman–Crippen MR) is 44.7 cm³/mol. The molecule has 0 saturated heterocycles. The van der Waals surface area contributed by atoms with Crippen LogP contribution in [0.1, 0.15) is 20.8 Å². The predicted octanol–water partition coefficient (Wildman–Crippen LogP) is 2.75. The Morgan fingerprint density at radius 1 is 1.60 bits per heavy atom. The van der Waals surface area contributed by atoms with Crippen LogP contribution in [0.2, 0.25) is 0 Å². The van der Waals surface area contributed by atoms with Crippen LogP contribution in [0.3, 0.4) is 0 Å². The molecule has 0 atom stereocenters. The Bertz CT molecular complexity index is 123. The van der Waals surface area contributed by atoms with Gasteiger partial charge in [0.25, 0.3) is 0 Å². The van der Waals surface area contributed by atoms with E-state index in [0.717, 1.165) is 12.4 Å². The third-order valence-corrected chi connectivity index (χ3v) is 0.997. The molecule has 0 rings (SSSR count). The van der Waals surface area contributed by atoms with Crippen LogP contribution in [0.15, 0.2) is 24.5 Å². The maximum atomic E-state index is 5.33. The molecule has 0 fully saturated rings. The average molecular weight is 140 g/mol. The fraction of sp³-hybridized carbons (Fsp3) is 0.556. The number of hydrogen-bond acceptors (Lipinski definition) is 1. The zero-order chi connectivity index (χ0) is 7.98. The van der Waals surface area contributed by atoms with Crippen LogP contribution in [0.5, 0.6) is 0 Å². The molecule has 58 valence electrons. The van der Waals surface area contributed by atoms with Crippen LogP contribution in [0.25, 0.3) is 0 Å². The van der Waals surface area contributed by atoms with Crippen molar-refractivity contribution >= 4 is 0 Å². The summed E-state index contributed by atoms with van der Waals surface area (Å²) in [4.78, 5) is 0. The second-order valence-electron chi connectivity index (χ2n) is 2.72. The molecule has 0 aliphatic heterocycles. The van der Waals surface area contributed by atoms with Crippen molar-refractivity contribution in [1.29, 1.82) is 0 Å². The first-order valence-corrected chi connectivity index (χ1v) is 3.59. The van der Waals surface area contributed by atoms with Gasteiger partial charge in [-0.05, 0) is 18.9 Å². The van der Waals surface area contributed by atoms with E-state index in [0.29, 0.717) is 5.92 Å². The number of hydrogen-bond donors (Lipinski definition) is 0. The van der Waals surface area contributed by atoms with Crippen LogP contribution >= 0.6 is 0 Å². The van der Waals surface area contributed by atoms with Gasteiger partial charge in [0.2, 0.25) is 0 Å². The summed E-state index contributed by atoms with van der Waals surface area (Å²) >= 11 is 0. The number of ether oxygens (including phenoxy) is 1. The zero-order valence-electron chi connectivity index (χ0n) is 7.05. The minimum atomic E-state index is 0.591. The Kier molecular flexibility index (Phi) is 4.73. The van der Waals surface area contributed by atoms with E-state index in [-0.39, 0.29) is 0 Å². The maximum absolute atomic E-state index is 5.33. The molecule has 0 aromatic carbocycles. The van der Waals surface area contributed by atoms with Crippen molar-refractivity contribution in [2.24, 2.45) is 5.92 Å². The molecular weight excluding hydrogens is 124 g/mol. The van der Waals surface area contributed by atoms with E-state index in [9.17, 15) is 0 Å². The Labute approximate surface area is 63.4 Å². The van der Waals surface area contributed by atoms with Gasteiger partial charge >= 0.3 is 0 Å². The van der Waals surface area contributed by atoms with Gasteiger partial charge in [-0.3, -0.25) is 0 Å². The standard InChI is InChI=1S/C9H16O/c1-5-6-9(4)10-7-8(2)3/h5-6,8H,1,7H2,2-4H3/b9-6+. The summed E-state index contributed by atoms with van der Waals surface area (Å²) in [5, 5.41) is 0. The molecule has 0 heterocycles. The molecule has 0 amide bonds. The van der Waals surface area contributed by atoms with Gasteiger partial charge in [-0.15, -0.1) is 0 Å². The molecule has 10 heavy (non-hydrogen) atoms. The van der Waals surface area contributed by atoms with Gasteiger partial charge in [-0.1, -0.05) is 26.5 Å². The monoisotopic (exact) mass is 140 g/mol. The minimum Gasteiger partial charge on any atom is -0.498 e. The van der Waals surface area contributed by atoms with E-state index in [1.54, 1.807) is 6.08 Å². The molecule has 0 bridgehead atoms. The van der Waals surface area contributed by atoms with Crippen LogP contribution in [0.4, 0.5) is 0 Å². The smallest absolute Gasteiger partial charge is 0.0928 e. The van der Waals surface area contributed by atoms with Gasteiger partial charge in [0, 0.05) is 0 Å². The highest BCUT2D eigenvalue weighted by atomic mass is 16.5. The zero-order valence-corrected chi connectivity index (χ0v) is 7.05. The Hall–Kier alpha value is -0.720. The summed E-state index contributed by atoms with van der Waals surface area (Å²) in [6.07, 6.45) is 3.60. The molecule has 0 unspecified atom stereocenters. The van der Waals surface area contributed by atoms with Crippen molar-refractivity contribution < 1.29 is 4.74 Å². The van der Waals surface area contributed by atoms with Crippen molar-refractivity contribution in [3.05, 3.63) is 24.5 Å². The molecule has 0 aliphatic carbocycles. The van der Waals surface area contributed by atoms with Gasteiger partial charge in [-0.2, -0.15) is 0 Å². The second-order valence-corrected chi connectivity index (χ2v) is 2.72. The fourth-order valence-electron chi connectivity index (χ4n) is 0.512. The lowest BCUT2D eigenvalue weighted by Gasteiger charge is -2.07. The molecule has 0 aliphatic rings. The molecule has 0 saturated carbocycles. The molecular formula is C9H16O. The van der Waals surface area contributed by atoms with Crippen LogP contribution < -0.4 is 0 Å². The molecule has 1 nitrogen and oxygen atoms in total. The summed E-state index contributed by atoms with van der Waals surface area (Å²) in [7, 11) is 0. The fourth-order valence-corrected chi connectivity index (χ4v) is 0.512. The van der Waals surface area contributed by atoms with Gasteiger partial charge in [0.05, 0.1) is 12.4 Å². The van der Waals surface area contributed by atoms with E-state index in [4.69, 9.17) is 4.74 Å². The third kappa shape index (κ3) is 5.42. The molecule has 1 heteroatoms. The van der Waals surface area contributed by atoms with E-state index in [1.165, 1.54) is 0 Å². The lowest BCUT2D eigenvalue weighted by molar-refractivity contribution is 0.181. The third-order valence-electron chi connectivity index (χ3n) is 0.997. The van der Waals surface area contributed by atoms with Crippen molar-refractivity contribution in [2.75, 3.05) is 6.61 Å². The molecule has 0 aromatic heterocycles. The van der Waals surface area contributed by atoms with Crippen molar-refractivity contribution in [3.8, 4) is 0 Å². The summed E-state index contributed by atoms with van der Waals surface area (Å²) in [6, 6.07) is 0. The topological polar surface area (TPSA) is 9.23 Å². The molecule has 0 radical (unpaired) electrons. The van der Waals surface area contributed by atoms with Crippen LogP contribution in [0, 0.1) is 5.92 Å². The normalized spacial score (nSPS) is 11.8. The van der Waals surface area contributed by atoms with Gasteiger partial charge in [0.15, 0.2) is 0 Å². The lowest BCUT2D eigenvalue weighted by atomic mass is 10.2. The number of rotatable bonds is 4. The molecule has 0 N–H and O–H groups in total. The summed E-state index contributed by atoms with van der Waals surface area (Å²) in [5.41, 5.74) is 0. The first kappa shape index (κ1) is 9.28. The first-order chi connectivity index (χ1) is 4.66. The Morgan fingerprint density at radius 2 is 2.20 bits per heavy atom. The highest BCUT2D eigenvalue weighted by Crippen LogP contribution is 2.00. The lowest BCUT2D eigenvalue weighted by Crippen LogP contribution is -1.99. The van der Waals surface area contributed by atoms with Crippen molar-refractivity contribution in [1.82, 2.24) is 0 Å². The van der Waals surface area contributed by atoms with Gasteiger partial charge < -0.3 is 4.74 Å². The van der Waals surface area contributed by atoms with Crippen molar-refractivity contribution in [3.63, 3.8) is 0 Å². The number of allylic oxidation sites excluding steroid dienone is 3. The average Bonchev–Trinajstić information content (AvgIpc) is 1.85. The summed E-state index contributed by atoms with van der Waals surface area (Å²) in [6.45, 7) is 10.5.